The number of thiophene rings is 1. The van der Waals surface area contributed by atoms with Crippen LogP contribution in [0.15, 0.2) is 45.6 Å². The van der Waals surface area contributed by atoms with Gasteiger partial charge >= 0.3 is 12.2 Å². The summed E-state index contributed by atoms with van der Waals surface area (Å²) < 4.78 is 43.3. The van der Waals surface area contributed by atoms with Gasteiger partial charge in [0.05, 0.1) is 5.56 Å². The van der Waals surface area contributed by atoms with Crippen LogP contribution in [-0.2, 0) is 12.6 Å². The molecule has 0 saturated carbocycles. The number of aromatic nitrogens is 2. The number of carbonyl (C=O) groups is 1. The van der Waals surface area contributed by atoms with Gasteiger partial charge < -0.3 is 14.7 Å². The molecule has 158 valence electrons. The number of carbonyl (C=O) groups excluding carboxylic acids is 1. The fourth-order valence-corrected chi connectivity index (χ4v) is 4.09. The van der Waals surface area contributed by atoms with E-state index in [1.165, 1.54) is 12.1 Å². The fourth-order valence-electron chi connectivity index (χ4n) is 3.45. The van der Waals surface area contributed by atoms with E-state index in [1.807, 2.05) is 16.8 Å². The van der Waals surface area contributed by atoms with Gasteiger partial charge in [-0.15, -0.1) is 0 Å². The maximum Gasteiger partial charge on any atom is 0.416 e. The third kappa shape index (κ3) is 4.81. The van der Waals surface area contributed by atoms with Crippen molar-refractivity contribution < 1.29 is 22.5 Å². The van der Waals surface area contributed by atoms with Gasteiger partial charge in [-0.1, -0.05) is 5.16 Å². The Morgan fingerprint density at radius 2 is 2.07 bits per heavy atom. The lowest BCUT2D eigenvalue weighted by Crippen LogP contribution is -2.42. The third-order valence-corrected chi connectivity index (χ3v) is 5.66. The minimum Gasteiger partial charge on any atom is -0.339 e. The minimum atomic E-state index is -4.40. The molecule has 1 atom stereocenters. The van der Waals surface area contributed by atoms with Crippen molar-refractivity contribution in [1.29, 1.82) is 0 Å². The second-order valence-electron chi connectivity index (χ2n) is 7.19. The SMILES string of the molecule is O=C(Nc1ccc(C(F)(F)F)cc1)N1CCC[C@@H](Cc2nc(-c3ccsc3)no2)C1. The predicted octanol–water partition coefficient (Wildman–Crippen LogP) is 5.30. The molecule has 0 spiro atoms. The number of rotatable bonds is 4. The van der Waals surface area contributed by atoms with Gasteiger partial charge in [-0.2, -0.15) is 29.5 Å². The van der Waals surface area contributed by atoms with Crippen LogP contribution in [0.4, 0.5) is 23.7 Å². The summed E-state index contributed by atoms with van der Waals surface area (Å²) in [5.74, 6) is 1.26. The fraction of sp³-hybridized carbons (Fsp3) is 0.350. The average Bonchev–Trinajstić information content (AvgIpc) is 3.40. The van der Waals surface area contributed by atoms with Crippen molar-refractivity contribution in [2.24, 2.45) is 5.92 Å². The van der Waals surface area contributed by atoms with E-state index in [0.717, 1.165) is 30.5 Å². The quantitative estimate of drug-likeness (QED) is 0.602. The molecule has 1 fully saturated rings. The summed E-state index contributed by atoms with van der Waals surface area (Å²) in [4.78, 5) is 18.6. The predicted molar refractivity (Wildman–Crippen MR) is 106 cm³/mol. The molecular formula is C20H19F3N4O2S. The number of anilines is 1. The molecule has 1 N–H and O–H groups in total. The summed E-state index contributed by atoms with van der Waals surface area (Å²) in [6.45, 7) is 1.11. The molecule has 1 aromatic carbocycles. The van der Waals surface area contributed by atoms with Gasteiger partial charge in [0.15, 0.2) is 0 Å². The van der Waals surface area contributed by atoms with Crippen molar-refractivity contribution in [3.63, 3.8) is 0 Å². The van der Waals surface area contributed by atoms with Gasteiger partial charge in [0.2, 0.25) is 11.7 Å². The van der Waals surface area contributed by atoms with E-state index >= 15 is 0 Å². The normalized spacial score (nSPS) is 17.2. The summed E-state index contributed by atoms with van der Waals surface area (Å²) in [6, 6.07) is 6.01. The van der Waals surface area contributed by atoms with Crippen molar-refractivity contribution in [2.75, 3.05) is 18.4 Å². The number of alkyl halides is 3. The molecule has 1 aliphatic rings. The number of likely N-dealkylation sites (tertiary alicyclic amines) is 1. The number of piperidine rings is 1. The number of nitrogens with zero attached hydrogens (tertiary/aromatic N) is 3. The highest BCUT2D eigenvalue weighted by Crippen LogP contribution is 2.30. The number of amides is 2. The van der Waals surface area contributed by atoms with E-state index in [-0.39, 0.29) is 11.9 Å². The Morgan fingerprint density at radius 3 is 2.77 bits per heavy atom. The third-order valence-electron chi connectivity index (χ3n) is 4.98. The Hall–Kier alpha value is -2.88. The van der Waals surface area contributed by atoms with Crippen LogP contribution in [0.2, 0.25) is 0 Å². The first-order chi connectivity index (χ1) is 14.4. The Kier molecular flexibility index (Phi) is 5.76. The molecule has 10 heteroatoms. The van der Waals surface area contributed by atoms with E-state index in [2.05, 4.69) is 15.5 Å². The molecule has 3 aromatic rings. The van der Waals surface area contributed by atoms with Gasteiger partial charge in [0.1, 0.15) is 0 Å². The van der Waals surface area contributed by atoms with Gasteiger partial charge in [0, 0.05) is 36.1 Å². The van der Waals surface area contributed by atoms with Crippen LogP contribution in [0.25, 0.3) is 11.4 Å². The molecule has 30 heavy (non-hydrogen) atoms. The number of hydrogen-bond donors (Lipinski definition) is 1. The maximum absolute atomic E-state index is 12.7. The minimum absolute atomic E-state index is 0.174. The molecule has 6 nitrogen and oxygen atoms in total. The van der Waals surface area contributed by atoms with Crippen LogP contribution in [0.5, 0.6) is 0 Å². The topological polar surface area (TPSA) is 71.3 Å². The number of nitrogens with one attached hydrogen (secondary N) is 1. The first-order valence-corrected chi connectivity index (χ1v) is 10.4. The molecule has 2 amide bonds. The lowest BCUT2D eigenvalue weighted by atomic mass is 9.95. The Bertz CT molecular complexity index is 986. The van der Waals surface area contributed by atoms with E-state index in [9.17, 15) is 18.0 Å². The van der Waals surface area contributed by atoms with Gasteiger partial charge in [-0.05, 0) is 54.5 Å². The number of benzene rings is 1. The van der Waals surface area contributed by atoms with Crippen molar-refractivity contribution in [3.05, 3.63) is 52.5 Å². The van der Waals surface area contributed by atoms with E-state index in [0.29, 0.717) is 36.9 Å². The van der Waals surface area contributed by atoms with E-state index in [4.69, 9.17) is 4.52 Å². The first kappa shape index (κ1) is 20.4. The maximum atomic E-state index is 12.7. The second-order valence-corrected chi connectivity index (χ2v) is 7.97. The van der Waals surface area contributed by atoms with Crippen LogP contribution in [0, 0.1) is 5.92 Å². The summed E-state index contributed by atoms with van der Waals surface area (Å²) in [6.07, 6.45) is -2.07. The molecule has 3 heterocycles. The molecule has 1 aliphatic heterocycles. The lowest BCUT2D eigenvalue weighted by Gasteiger charge is -2.32. The molecule has 0 aliphatic carbocycles. The number of hydrogen-bond acceptors (Lipinski definition) is 5. The second kappa shape index (κ2) is 8.47. The van der Waals surface area contributed by atoms with Crippen LogP contribution in [0.3, 0.4) is 0 Å². The molecular weight excluding hydrogens is 417 g/mol. The van der Waals surface area contributed by atoms with Crippen LogP contribution >= 0.6 is 11.3 Å². The zero-order chi connectivity index (χ0) is 21.1. The standard InChI is InChI=1S/C20H19F3N4O2S/c21-20(22,23)15-3-5-16(6-4-15)24-19(28)27-8-1-2-13(11-27)10-17-25-18(26-29-17)14-7-9-30-12-14/h3-7,9,12-13H,1-2,8,10-11H2,(H,24,28)/t13-/m0/s1. The van der Waals surface area contributed by atoms with Gasteiger partial charge in [-0.25, -0.2) is 4.79 Å². The largest absolute Gasteiger partial charge is 0.416 e. The molecule has 0 radical (unpaired) electrons. The highest BCUT2D eigenvalue weighted by Gasteiger charge is 2.30. The van der Waals surface area contributed by atoms with Crippen LogP contribution in [-0.4, -0.2) is 34.2 Å². The van der Waals surface area contributed by atoms with Crippen molar-refractivity contribution in [2.45, 2.75) is 25.4 Å². The first-order valence-electron chi connectivity index (χ1n) is 9.47. The van der Waals surface area contributed by atoms with Crippen LogP contribution < -0.4 is 5.32 Å². The van der Waals surface area contributed by atoms with Gasteiger partial charge in [-0.3, -0.25) is 0 Å². The average molecular weight is 436 g/mol. The molecule has 2 aromatic heterocycles. The molecule has 4 rings (SSSR count). The van der Waals surface area contributed by atoms with E-state index < -0.39 is 11.7 Å². The Morgan fingerprint density at radius 1 is 1.27 bits per heavy atom. The highest BCUT2D eigenvalue weighted by molar-refractivity contribution is 7.08. The summed E-state index contributed by atoms with van der Waals surface area (Å²) in [5, 5.41) is 10.6. The molecule has 0 bridgehead atoms. The number of halogens is 3. The smallest absolute Gasteiger partial charge is 0.339 e. The zero-order valence-electron chi connectivity index (χ0n) is 15.9. The summed E-state index contributed by atoms with van der Waals surface area (Å²) in [7, 11) is 0. The van der Waals surface area contributed by atoms with Crippen molar-refractivity contribution in [1.82, 2.24) is 15.0 Å². The van der Waals surface area contributed by atoms with Crippen molar-refractivity contribution in [3.8, 4) is 11.4 Å². The monoisotopic (exact) mass is 436 g/mol. The van der Waals surface area contributed by atoms with E-state index in [1.54, 1.807) is 16.2 Å². The summed E-state index contributed by atoms with van der Waals surface area (Å²) in [5.41, 5.74) is 0.489. The summed E-state index contributed by atoms with van der Waals surface area (Å²) >= 11 is 1.56. The van der Waals surface area contributed by atoms with Gasteiger partial charge in [0.25, 0.3) is 0 Å². The highest BCUT2D eigenvalue weighted by atomic mass is 32.1. The number of urea groups is 1. The van der Waals surface area contributed by atoms with Crippen LogP contribution in [0.1, 0.15) is 24.3 Å². The Labute approximate surface area is 174 Å². The zero-order valence-corrected chi connectivity index (χ0v) is 16.7. The van der Waals surface area contributed by atoms with Crippen molar-refractivity contribution >= 4 is 23.1 Å². The molecule has 1 saturated heterocycles. The Balaban J connectivity index is 1.34. The lowest BCUT2D eigenvalue weighted by molar-refractivity contribution is -0.137. The molecule has 0 unspecified atom stereocenters.